The fourth-order valence-electron chi connectivity index (χ4n) is 0.379. The molecule has 0 aliphatic carbocycles. The first-order valence-electron chi connectivity index (χ1n) is 2.06. The van der Waals surface area contributed by atoms with Crippen molar-refractivity contribution in [2.24, 2.45) is 0 Å². The van der Waals surface area contributed by atoms with E-state index in [4.69, 9.17) is 11.6 Å². The minimum absolute atomic E-state index is 0. The van der Waals surface area contributed by atoms with Crippen LogP contribution in [0.1, 0.15) is 0 Å². The summed E-state index contributed by atoms with van der Waals surface area (Å²) in [5, 5.41) is 0.513. The molecule has 0 unspecified atom stereocenters. The first-order valence-corrected chi connectivity index (χ1v) is 3.23. The Kier molecular flexibility index (Phi) is 3.73. The number of rotatable bonds is 0. The van der Waals surface area contributed by atoms with Gasteiger partial charge in [-0.25, -0.2) is 4.98 Å². The van der Waals surface area contributed by atoms with Crippen molar-refractivity contribution in [3.05, 3.63) is 28.0 Å². The molecule has 0 saturated carbocycles. The highest BCUT2D eigenvalue weighted by atomic mass is 79.9. The zero-order valence-corrected chi connectivity index (χ0v) is 6.69. The SMILES string of the molecule is Clc1cc(Br)ccn1.F. The van der Waals surface area contributed by atoms with E-state index in [9.17, 15) is 0 Å². The summed E-state index contributed by atoms with van der Waals surface area (Å²) in [7, 11) is 0. The lowest BCUT2D eigenvalue weighted by atomic mass is 10.5. The second-order valence-corrected chi connectivity index (χ2v) is 2.60. The molecule has 0 aromatic carbocycles. The Morgan fingerprint density at radius 2 is 2.22 bits per heavy atom. The van der Waals surface area contributed by atoms with Gasteiger partial charge in [0.15, 0.2) is 0 Å². The van der Waals surface area contributed by atoms with E-state index < -0.39 is 0 Å². The zero-order valence-electron chi connectivity index (χ0n) is 4.34. The normalized spacial score (nSPS) is 8.22. The molecule has 0 aliphatic rings. The summed E-state index contributed by atoms with van der Waals surface area (Å²) in [5.74, 6) is 0. The molecule has 1 heterocycles. The fraction of sp³-hybridized carbons (Fsp3) is 0. The number of hydrogen-bond acceptors (Lipinski definition) is 1. The van der Waals surface area contributed by atoms with E-state index in [0.717, 1.165) is 4.47 Å². The van der Waals surface area contributed by atoms with Gasteiger partial charge in [0.1, 0.15) is 5.15 Å². The third-order valence-electron chi connectivity index (χ3n) is 0.689. The maximum Gasteiger partial charge on any atom is 0.130 e. The van der Waals surface area contributed by atoms with Crippen LogP contribution in [-0.2, 0) is 0 Å². The molecule has 0 N–H and O–H groups in total. The first-order chi connectivity index (χ1) is 3.79. The minimum atomic E-state index is 0. The fourth-order valence-corrected chi connectivity index (χ4v) is 1.02. The van der Waals surface area contributed by atoms with Gasteiger partial charge in [0.2, 0.25) is 0 Å². The molecule has 1 aromatic heterocycles. The van der Waals surface area contributed by atoms with Crippen LogP contribution < -0.4 is 0 Å². The summed E-state index contributed by atoms with van der Waals surface area (Å²) < 4.78 is 0.956. The molecule has 0 bridgehead atoms. The van der Waals surface area contributed by atoms with Gasteiger partial charge < -0.3 is 0 Å². The first kappa shape index (κ1) is 8.85. The summed E-state index contributed by atoms with van der Waals surface area (Å²) in [6.07, 6.45) is 1.65. The number of aromatic nitrogens is 1. The largest absolute Gasteiger partial charge is 0.269 e. The summed E-state index contributed by atoms with van der Waals surface area (Å²) in [4.78, 5) is 3.78. The van der Waals surface area contributed by atoms with Crippen molar-refractivity contribution in [3.63, 3.8) is 0 Å². The zero-order chi connectivity index (χ0) is 5.98. The van der Waals surface area contributed by atoms with Crippen LogP contribution in [0.5, 0.6) is 0 Å². The van der Waals surface area contributed by atoms with Gasteiger partial charge in [-0.2, -0.15) is 0 Å². The van der Waals surface area contributed by atoms with Crippen LogP contribution >= 0.6 is 27.5 Å². The van der Waals surface area contributed by atoms with Gasteiger partial charge in [-0.05, 0) is 12.1 Å². The average molecular weight is 212 g/mol. The highest BCUT2D eigenvalue weighted by Gasteiger charge is 1.86. The van der Waals surface area contributed by atoms with Crippen molar-refractivity contribution in [2.45, 2.75) is 0 Å². The van der Waals surface area contributed by atoms with E-state index in [0.29, 0.717) is 5.15 Å². The predicted molar refractivity (Wildman–Crippen MR) is 39.5 cm³/mol. The molecule has 50 valence electrons. The number of halogens is 3. The average Bonchev–Trinajstić information content (AvgIpc) is 1.64. The van der Waals surface area contributed by atoms with Crippen molar-refractivity contribution in [2.75, 3.05) is 0 Å². The molecular weight excluding hydrogens is 208 g/mol. The molecule has 1 rings (SSSR count). The monoisotopic (exact) mass is 211 g/mol. The second kappa shape index (κ2) is 3.80. The Bertz CT molecular complexity index is 177. The van der Waals surface area contributed by atoms with E-state index in [-0.39, 0.29) is 4.70 Å². The molecule has 0 atom stereocenters. The van der Waals surface area contributed by atoms with Crippen molar-refractivity contribution in [3.8, 4) is 0 Å². The summed E-state index contributed by atoms with van der Waals surface area (Å²) in [6.45, 7) is 0. The lowest BCUT2D eigenvalue weighted by Crippen LogP contribution is -1.69. The van der Waals surface area contributed by atoms with Crippen LogP contribution in [0.15, 0.2) is 22.8 Å². The standard InChI is InChI=1S/C5H3BrClN.FH/c6-4-1-2-8-5(7)3-4;/h1-3H;1H. The van der Waals surface area contributed by atoms with Crippen LogP contribution in [0.25, 0.3) is 0 Å². The number of pyridine rings is 1. The molecule has 0 spiro atoms. The molecule has 0 aliphatic heterocycles. The Morgan fingerprint density at radius 3 is 2.56 bits per heavy atom. The van der Waals surface area contributed by atoms with Crippen LogP contribution in [-0.4, -0.2) is 4.98 Å². The molecule has 0 amide bonds. The highest BCUT2D eigenvalue weighted by molar-refractivity contribution is 9.10. The minimum Gasteiger partial charge on any atom is -0.269 e. The molecule has 0 saturated heterocycles. The molecule has 1 aromatic rings. The summed E-state index contributed by atoms with van der Waals surface area (Å²) in [6, 6.07) is 3.56. The van der Waals surface area contributed by atoms with Crippen LogP contribution in [0.2, 0.25) is 5.15 Å². The Morgan fingerprint density at radius 1 is 1.56 bits per heavy atom. The number of hydrogen-bond donors (Lipinski definition) is 0. The van der Waals surface area contributed by atoms with Gasteiger partial charge >= 0.3 is 0 Å². The van der Waals surface area contributed by atoms with Crippen molar-refractivity contribution < 1.29 is 4.70 Å². The Labute approximate surface area is 65.6 Å². The smallest absolute Gasteiger partial charge is 0.130 e. The molecule has 0 radical (unpaired) electrons. The van der Waals surface area contributed by atoms with Crippen LogP contribution in [0.4, 0.5) is 4.70 Å². The van der Waals surface area contributed by atoms with Crippen molar-refractivity contribution in [1.82, 2.24) is 4.98 Å². The van der Waals surface area contributed by atoms with E-state index >= 15 is 0 Å². The summed E-state index contributed by atoms with van der Waals surface area (Å²) >= 11 is 8.74. The quantitative estimate of drug-likeness (QED) is 0.603. The third-order valence-corrected chi connectivity index (χ3v) is 1.39. The maximum atomic E-state index is 5.50. The molecule has 0 fully saturated rings. The highest BCUT2D eigenvalue weighted by Crippen LogP contribution is 2.11. The van der Waals surface area contributed by atoms with E-state index in [2.05, 4.69) is 20.9 Å². The van der Waals surface area contributed by atoms with E-state index in [1.165, 1.54) is 0 Å². The van der Waals surface area contributed by atoms with Gasteiger partial charge in [0.05, 0.1) is 0 Å². The van der Waals surface area contributed by atoms with E-state index in [1.807, 2.05) is 6.07 Å². The van der Waals surface area contributed by atoms with E-state index in [1.54, 1.807) is 12.3 Å². The van der Waals surface area contributed by atoms with Crippen molar-refractivity contribution in [1.29, 1.82) is 0 Å². The Balaban J connectivity index is 0.000000640. The molecule has 4 heteroatoms. The van der Waals surface area contributed by atoms with Crippen LogP contribution in [0, 0.1) is 0 Å². The van der Waals surface area contributed by atoms with Gasteiger partial charge in [0.25, 0.3) is 0 Å². The Hall–Kier alpha value is -0.150. The second-order valence-electron chi connectivity index (χ2n) is 1.30. The number of nitrogens with zero attached hydrogens (tertiary/aromatic N) is 1. The van der Waals surface area contributed by atoms with Crippen molar-refractivity contribution >= 4 is 27.5 Å². The topological polar surface area (TPSA) is 12.9 Å². The third kappa shape index (κ3) is 2.77. The van der Waals surface area contributed by atoms with Gasteiger partial charge in [0, 0.05) is 10.7 Å². The lowest BCUT2D eigenvalue weighted by molar-refractivity contribution is 1.11. The van der Waals surface area contributed by atoms with Gasteiger partial charge in [-0.1, -0.05) is 27.5 Å². The predicted octanol–water partition coefficient (Wildman–Crippen LogP) is 2.65. The maximum absolute atomic E-state index is 5.50. The van der Waals surface area contributed by atoms with Gasteiger partial charge in [-0.3, -0.25) is 4.70 Å². The molecule has 9 heavy (non-hydrogen) atoms. The lowest BCUT2D eigenvalue weighted by Gasteiger charge is -1.86. The summed E-state index contributed by atoms with van der Waals surface area (Å²) in [5.41, 5.74) is 0. The van der Waals surface area contributed by atoms with Crippen LogP contribution in [0.3, 0.4) is 0 Å². The molecular formula is C5H4BrClFN. The molecule has 1 nitrogen and oxygen atoms in total. The van der Waals surface area contributed by atoms with Gasteiger partial charge in [-0.15, -0.1) is 0 Å².